The van der Waals surface area contributed by atoms with Crippen molar-refractivity contribution in [3.05, 3.63) is 29.8 Å². The average Bonchev–Trinajstić information content (AvgIpc) is 2.50. The third-order valence-corrected chi connectivity index (χ3v) is 3.26. The van der Waals surface area contributed by atoms with Crippen LogP contribution in [0.4, 0.5) is 0 Å². The van der Waals surface area contributed by atoms with Crippen LogP contribution in [0.15, 0.2) is 24.3 Å². The van der Waals surface area contributed by atoms with Crippen LogP contribution in [0.25, 0.3) is 0 Å². The van der Waals surface area contributed by atoms with Crippen molar-refractivity contribution in [1.29, 1.82) is 0 Å². The smallest absolute Gasteiger partial charge is 0.118 e. The van der Waals surface area contributed by atoms with Crippen molar-refractivity contribution in [3.8, 4) is 5.75 Å². The molecule has 114 valence electrons. The van der Waals surface area contributed by atoms with Crippen molar-refractivity contribution >= 4 is 0 Å². The van der Waals surface area contributed by atoms with Gasteiger partial charge in [-0.25, -0.2) is 0 Å². The van der Waals surface area contributed by atoms with Crippen LogP contribution < -0.4 is 10.5 Å². The van der Waals surface area contributed by atoms with Crippen molar-refractivity contribution in [1.82, 2.24) is 0 Å². The molecule has 1 rings (SSSR count). The van der Waals surface area contributed by atoms with Crippen molar-refractivity contribution < 1.29 is 14.2 Å². The van der Waals surface area contributed by atoms with E-state index in [2.05, 4.69) is 6.92 Å². The first kappa shape index (κ1) is 17.0. The van der Waals surface area contributed by atoms with Crippen molar-refractivity contribution in [2.75, 3.05) is 26.9 Å². The standard InChI is InChI=1S/C16H27NO3/c1-4-5-10-19-11-12-20-13(2)16(17)14-6-8-15(18-3)9-7-14/h6-9,13,16H,4-5,10-12,17H2,1-3H3. The molecule has 1 aromatic carbocycles. The molecule has 2 atom stereocenters. The lowest BCUT2D eigenvalue weighted by molar-refractivity contribution is 0.00151. The molecule has 2 unspecified atom stereocenters. The third-order valence-electron chi connectivity index (χ3n) is 3.26. The second kappa shape index (κ2) is 9.75. The highest BCUT2D eigenvalue weighted by molar-refractivity contribution is 5.29. The molecule has 2 N–H and O–H groups in total. The van der Waals surface area contributed by atoms with Gasteiger partial charge in [-0.3, -0.25) is 0 Å². The molecule has 0 radical (unpaired) electrons. The normalized spacial score (nSPS) is 14.0. The lowest BCUT2D eigenvalue weighted by Gasteiger charge is -2.21. The van der Waals surface area contributed by atoms with Gasteiger partial charge in [0, 0.05) is 6.61 Å². The number of benzene rings is 1. The van der Waals surface area contributed by atoms with Crippen LogP contribution in [-0.2, 0) is 9.47 Å². The highest BCUT2D eigenvalue weighted by Gasteiger charge is 2.15. The maximum Gasteiger partial charge on any atom is 0.118 e. The summed E-state index contributed by atoms with van der Waals surface area (Å²) < 4.78 is 16.3. The predicted molar refractivity (Wildman–Crippen MR) is 81.1 cm³/mol. The summed E-state index contributed by atoms with van der Waals surface area (Å²) in [5.41, 5.74) is 7.23. The molecule has 0 aliphatic carbocycles. The topological polar surface area (TPSA) is 53.7 Å². The first-order valence-corrected chi connectivity index (χ1v) is 7.28. The molecule has 0 aliphatic heterocycles. The fraction of sp³-hybridized carbons (Fsp3) is 0.625. The predicted octanol–water partition coefficient (Wildman–Crippen LogP) is 2.92. The Hall–Kier alpha value is -1.10. The molecule has 0 aliphatic rings. The lowest BCUT2D eigenvalue weighted by Crippen LogP contribution is -2.27. The quantitative estimate of drug-likeness (QED) is 0.670. The second-order valence-electron chi connectivity index (χ2n) is 4.84. The molecule has 1 aromatic rings. The van der Waals surface area contributed by atoms with Gasteiger partial charge in [-0.15, -0.1) is 0 Å². The van der Waals surface area contributed by atoms with Gasteiger partial charge in [-0.05, 0) is 31.0 Å². The molecule has 0 bridgehead atoms. The Morgan fingerprint density at radius 2 is 1.80 bits per heavy atom. The molecular weight excluding hydrogens is 254 g/mol. The van der Waals surface area contributed by atoms with Crippen LogP contribution >= 0.6 is 0 Å². The first-order chi connectivity index (χ1) is 9.69. The Balaban J connectivity index is 2.28. The fourth-order valence-electron chi connectivity index (χ4n) is 1.84. The monoisotopic (exact) mass is 281 g/mol. The summed E-state index contributed by atoms with van der Waals surface area (Å²) in [4.78, 5) is 0. The Bertz CT molecular complexity index is 353. The molecule has 0 spiro atoms. The van der Waals surface area contributed by atoms with Crippen LogP contribution in [0.2, 0.25) is 0 Å². The highest BCUT2D eigenvalue weighted by atomic mass is 16.5. The van der Waals surface area contributed by atoms with E-state index in [4.69, 9.17) is 19.9 Å². The molecule has 0 amide bonds. The molecule has 0 saturated heterocycles. The highest BCUT2D eigenvalue weighted by Crippen LogP contribution is 2.19. The minimum Gasteiger partial charge on any atom is -0.497 e. The van der Waals surface area contributed by atoms with Crippen LogP contribution in [0.3, 0.4) is 0 Å². The van der Waals surface area contributed by atoms with Crippen molar-refractivity contribution in [2.24, 2.45) is 5.73 Å². The van der Waals surface area contributed by atoms with Gasteiger partial charge in [0.2, 0.25) is 0 Å². The van der Waals surface area contributed by atoms with E-state index in [1.165, 1.54) is 0 Å². The largest absolute Gasteiger partial charge is 0.497 e. The molecule has 0 aromatic heterocycles. The van der Waals surface area contributed by atoms with E-state index in [0.717, 1.165) is 30.8 Å². The minimum absolute atomic E-state index is 0.0434. The maximum atomic E-state index is 6.19. The summed E-state index contributed by atoms with van der Waals surface area (Å²) in [6, 6.07) is 7.63. The first-order valence-electron chi connectivity index (χ1n) is 7.28. The van der Waals surface area contributed by atoms with E-state index in [9.17, 15) is 0 Å². The SMILES string of the molecule is CCCCOCCOC(C)C(N)c1ccc(OC)cc1. The molecular formula is C16H27NO3. The number of ether oxygens (including phenoxy) is 3. The number of methoxy groups -OCH3 is 1. The molecule has 4 nitrogen and oxygen atoms in total. The number of hydrogen-bond acceptors (Lipinski definition) is 4. The van der Waals surface area contributed by atoms with Crippen LogP contribution in [0.1, 0.15) is 38.3 Å². The molecule has 0 fully saturated rings. The molecule has 0 heterocycles. The summed E-state index contributed by atoms with van der Waals surface area (Å²) >= 11 is 0. The van der Waals surface area contributed by atoms with Crippen molar-refractivity contribution in [3.63, 3.8) is 0 Å². The zero-order chi connectivity index (χ0) is 14.8. The summed E-state index contributed by atoms with van der Waals surface area (Å²) in [5, 5.41) is 0. The number of rotatable bonds is 10. The third kappa shape index (κ3) is 5.90. The van der Waals surface area contributed by atoms with Gasteiger partial charge in [-0.2, -0.15) is 0 Å². The number of nitrogens with two attached hydrogens (primary N) is 1. The Kier molecular flexibility index (Phi) is 8.26. The lowest BCUT2D eigenvalue weighted by atomic mass is 10.0. The van der Waals surface area contributed by atoms with Gasteiger partial charge in [0.15, 0.2) is 0 Å². The summed E-state index contributed by atoms with van der Waals surface area (Å²) in [6.07, 6.45) is 2.21. The van der Waals surface area contributed by atoms with Gasteiger partial charge in [0.05, 0.1) is 32.5 Å². The van der Waals surface area contributed by atoms with E-state index >= 15 is 0 Å². The van der Waals surface area contributed by atoms with E-state index < -0.39 is 0 Å². The number of hydrogen-bond donors (Lipinski definition) is 1. The van der Waals surface area contributed by atoms with Gasteiger partial charge < -0.3 is 19.9 Å². The van der Waals surface area contributed by atoms with E-state index in [0.29, 0.717) is 13.2 Å². The van der Waals surface area contributed by atoms with Crippen LogP contribution in [0, 0.1) is 0 Å². The Labute approximate surface area is 122 Å². The van der Waals surface area contributed by atoms with Crippen LogP contribution in [0.5, 0.6) is 5.75 Å². The maximum absolute atomic E-state index is 6.19. The summed E-state index contributed by atoms with van der Waals surface area (Å²) in [6.45, 7) is 6.14. The summed E-state index contributed by atoms with van der Waals surface area (Å²) in [7, 11) is 1.65. The van der Waals surface area contributed by atoms with Crippen molar-refractivity contribution in [2.45, 2.75) is 38.8 Å². The van der Waals surface area contributed by atoms with Gasteiger partial charge in [-0.1, -0.05) is 25.5 Å². The van der Waals surface area contributed by atoms with Crippen LogP contribution in [-0.4, -0.2) is 33.0 Å². The fourth-order valence-corrected chi connectivity index (χ4v) is 1.84. The van der Waals surface area contributed by atoms with E-state index in [-0.39, 0.29) is 12.1 Å². The zero-order valence-corrected chi connectivity index (χ0v) is 12.8. The van der Waals surface area contributed by atoms with Gasteiger partial charge >= 0.3 is 0 Å². The van der Waals surface area contributed by atoms with Gasteiger partial charge in [0.25, 0.3) is 0 Å². The molecule has 20 heavy (non-hydrogen) atoms. The molecule has 0 saturated carbocycles. The average molecular weight is 281 g/mol. The van der Waals surface area contributed by atoms with Gasteiger partial charge in [0.1, 0.15) is 5.75 Å². The minimum atomic E-state index is -0.142. The number of unbranched alkanes of at least 4 members (excludes halogenated alkanes) is 1. The Morgan fingerprint density at radius 1 is 1.10 bits per heavy atom. The van der Waals surface area contributed by atoms with E-state index in [1.54, 1.807) is 7.11 Å². The summed E-state index contributed by atoms with van der Waals surface area (Å²) in [5.74, 6) is 0.832. The molecule has 4 heteroatoms. The Morgan fingerprint density at radius 3 is 2.40 bits per heavy atom. The van der Waals surface area contributed by atoms with E-state index in [1.807, 2.05) is 31.2 Å². The second-order valence-corrected chi connectivity index (χ2v) is 4.84. The zero-order valence-electron chi connectivity index (χ0n) is 12.8.